The Balaban J connectivity index is 2.58. The second-order valence-corrected chi connectivity index (χ2v) is 5.55. The molecule has 2 rings (SSSR count). The lowest BCUT2D eigenvalue weighted by Gasteiger charge is -2.24. The molecule has 0 fully saturated rings. The van der Waals surface area contributed by atoms with Crippen LogP contribution in [0, 0.1) is 0 Å². The van der Waals surface area contributed by atoms with Gasteiger partial charge in [-0.05, 0) is 45.0 Å². The van der Waals surface area contributed by atoms with Crippen molar-refractivity contribution in [2.24, 2.45) is 0 Å². The summed E-state index contributed by atoms with van der Waals surface area (Å²) >= 11 is 5.88. The van der Waals surface area contributed by atoms with Gasteiger partial charge in [0.1, 0.15) is 6.61 Å². The molecule has 0 aliphatic heterocycles. The molecule has 4 nitrogen and oxygen atoms in total. The van der Waals surface area contributed by atoms with E-state index < -0.39 is 0 Å². The monoisotopic (exact) mass is 265 g/mol. The number of nitrogens with zero attached hydrogens (tertiary/aromatic N) is 3. The Bertz CT molecular complexity index is 540. The highest BCUT2D eigenvalue weighted by Crippen LogP contribution is 2.26. The molecule has 2 aromatic rings. The Morgan fingerprint density at radius 2 is 1.78 bits per heavy atom. The number of rotatable bonds is 2. The zero-order valence-corrected chi connectivity index (χ0v) is 11.4. The molecule has 1 N–H and O–H groups in total. The van der Waals surface area contributed by atoms with Gasteiger partial charge in [-0.15, -0.1) is 10.2 Å². The van der Waals surface area contributed by atoms with E-state index in [2.05, 4.69) is 31.0 Å². The normalized spacial score (nSPS) is 11.8. The lowest BCUT2D eigenvalue weighted by atomic mass is 10.1. The van der Waals surface area contributed by atoms with Gasteiger partial charge >= 0.3 is 0 Å². The predicted molar refractivity (Wildman–Crippen MR) is 71.4 cm³/mol. The number of aliphatic hydroxyl groups excluding tert-OH is 1. The smallest absolute Gasteiger partial charge is 0.164 e. The molecule has 96 valence electrons. The highest BCUT2D eigenvalue weighted by Gasteiger charge is 2.23. The molecule has 0 spiro atoms. The van der Waals surface area contributed by atoms with Crippen LogP contribution in [0.15, 0.2) is 24.3 Å². The van der Waals surface area contributed by atoms with Gasteiger partial charge in [0.05, 0.1) is 0 Å². The van der Waals surface area contributed by atoms with Crippen LogP contribution in [0.3, 0.4) is 0 Å². The lowest BCUT2D eigenvalue weighted by molar-refractivity contribution is 0.250. The average Bonchev–Trinajstić information content (AvgIpc) is 2.73. The lowest BCUT2D eigenvalue weighted by Crippen LogP contribution is -2.25. The van der Waals surface area contributed by atoms with E-state index >= 15 is 0 Å². The minimum atomic E-state index is -0.198. The minimum Gasteiger partial charge on any atom is -0.388 e. The molecule has 0 aliphatic rings. The summed E-state index contributed by atoms with van der Waals surface area (Å²) in [6.45, 7) is 6.02. The quantitative estimate of drug-likeness (QED) is 0.908. The predicted octanol–water partition coefficient (Wildman–Crippen LogP) is 2.85. The number of hydrogen-bond acceptors (Lipinski definition) is 3. The molecule has 0 unspecified atom stereocenters. The Morgan fingerprint density at radius 1 is 1.17 bits per heavy atom. The maximum Gasteiger partial charge on any atom is 0.164 e. The Hall–Kier alpha value is -1.39. The third-order valence-corrected chi connectivity index (χ3v) is 2.90. The molecule has 0 saturated carbocycles. The first-order valence-electron chi connectivity index (χ1n) is 5.75. The van der Waals surface area contributed by atoms with E-state index in [1.54, 1.807) is 0 Å². The summed E-state index contributed by atoms with van der Waals surface area (Å²) in [7, 11) is 0. The van der Waals surface area contributed by atoms with E-state index in [1.165, 1.54) is 0 Å². The SMILES string of the molecule is CC(C)(C)n1c(CO)nnc1-c1ccc(Cl)cc1. The number of aromatic nitrogens is 3. The largest absolute Gasteiger partial charge is 0.388 e. The molecule has 0 aliphatic carbocycles. The first kappa shape index (κ1) is 13.1. The first-order valence-corrected chi connectivity index (χ1v) is 6.13. The maximum absolute atomic E-state index is 9.34. The van der Waals surface area contributed by atoms with Crippen molar-refractivity contribution in [1.82, 2.24) is 14.8 Å². The van der Waals surface area contributed by atoms with Gasteiger partial charge in [0.25, 0.3) is 0 Å². The van der Waals surface area contributed by atoms with Crippen molar-refractivity contribution in [3.8, 4) is 11.4 Å². The van der Waals surface area contributed by atoms with Crippen LogP contribution in [0.2, 0.25) is 5.02 Å². The minimum absolute atomic E-state index is 0.127. The van der Waals surface area contributed by atoms with E-state index in [0.717, 1.165) is 11.4 Å². The van der Waals surface area contributed by atoms with E-state index in [0.29, 0.717) is 10.8 Å². The van der Waals surface area contributed by atoms with Crippen molar-refractivity contribution in [3.05, 3.63) is 35.1 Å². The van der Waals surface area contributed by atoms with Gasteiger partial charge in [0.15, 0.2) is 11.6 Å². The molecular formula is C13H16ClN3O. The fourth-order valence-corrected chi connectivity index (χ4v) is 2.04. The summed E-state index contributed by atoms with van der Waals surface area (Å²) in [4.78, 5) is 0. The third kappa shape index (κ3) is 2.40. The summed E-state index contributed by atoms with van der Waals surface area (Å²) in [6, 6.07) is 7.43. The highest BCUT2D eigenvalue weighted by molar-refractivity contribution is 6.30. The molecule has 1 heterocycles. The topological polar surface area (TPSA) is 50.9 Å². The highest BCUT2D eigenvalue weighted by atomic mass is 35.5. The molecule has 1 aromatic heterocycles. The van der Waals surface area contributed by atoms with Crippen LogP contribution in [0.1, 0.15) is 26.6 Å². The van der Waals surface area contributed by atoms with Gasteiger partial charge < -0.3 is 9.67 Å². The van der Waals surface area contributed by atoms with E-state index in [9.17, 15) is 5.11 Å². The zero-order chi connectivity index (χ0) is 13.3. The van der Waals surface area contributed by atoms with Crippen LogP contribution in [-0.2, 0) is 12.1 Å². The molecule has 0 amide bonds. The average molecular weight is 266 g/mol. The van der Waals surface area contributed by atoms with Gasteiger partial charge in [-0.25, -0.2) is 0 Å². The molecule has 18 heavy (non-hydrogen) atoms. The van der Waals surface area contributed by atoms with Crippen LogP contribution in [-0.4, -0.2) is 19.9 Å². The van der Waals surface area contributed by atoms with Gasteiger partial charge in [0.2, 0.25) is 0 Å². The van der Waals surface area contributed by atoms with Crippen molar-refractivity contribution in [2.75, 3.05) is 0 Å². The number of benzene rings is 1. The number of aliphatic hydroxyl groups is 1. The van der Waals surface area contributed by atoms with Crippen molar-refractivity contribution in [2.45, 2.75) is 32.9 Å². The maximum atomic E-state index is 9.34. The molecule has 1 aromatic carbocycles. The van der Waals surface area contributed by atoms with Crippen molar-refractivity contribution >= 4 is 11.6 Å². The molecule has 5 heteroatoms. The first-order chi connectivity index (χ1) is 8.43. The van der Waals surface area contributed by atoms with Gasteiger partial charge in [-0.2, -0.15) is 0 Å². The second-order valence-electron chi connectivity index (χ2n) is 5.11. The van der Waals surface area contributed by atoms with Crippen LogP contribution < -0.4 is 0 Å². The summed E-state index contributed by atoms with van der Waals surface area (Å²) < 4.78 is 1.94. The fourth-order valence-electron chi connectivity index (χ4n) is 1.91. The van der Waals surface area contributed by atoms with Crippen molar-refractivity contribution in [3.63, 3.8) is 0 Å². The Labute approximate surface area is 111 Å². The van der Waals surface area contributed by atoms with Crippen molar-refractivity contribution < 1.29 is 5.11 Å². The Morgan fingerprint density at radius 3 is 2.28 bits per heavy atom. The summed E-state index contributed by atoms with van der Waals surface area (Å²) in [5, 5.41) is 18.2. The summed E-state index contributed by atoms with van der Waals surface area (Å²) in [5.41, 5.74) is 0.734. The zero-order valence-electron chi connectivity index (χ0n) is 10.7. The van der Waals surface area contributed by atoms with E-state index in [-0.39, 0.29) is 12.1 Å². The van der Waals surface area contributed by atoms with E-state index in [1.807, 2.05) is 28.8 Å². The standard InChI is InChI=1S/C13H16ClN3O/c1-13(2,3)17-11(8-18)15-16-12(17)9-4-6-10(14)7-5-9/h4-7,18H,8H2,1-3H3. The van der Waals surface area contributed by atoms with Crippen LogP contribution >= 0.6 is 11.6 Å². The van der Waals surface area contributed by atoms with Crippen molar-refractivity contribution in [1.29, 1.82) is 0 Å². The molecular weight excluding hydrogens is 250 g/mol. The van der Waals surface area contributed by atoms with Gasteiger partial charge in [-0.1, -0.05) is 11.6 Å². The van der Waals surface area contributed by atoms with Crippen LogP contribution in [0.25, 0.3) is 11.4 Å². The number of hydrogen-bond donors (Lipinski definition) is 1. The fraction of sp³-hybridized carbons (Fsp3) is 0.385. The molecule has 0 saturated heterocycles. The summed E-state index contributed by atoms with van der Waals surface area (Å²) in [6.07, 6.45) is 0. The molecule has 0 atom stereocenters. The molecule has 0 bridgehead atoms. The molecule has 0 radical (unpaired) electrons. The third-order valence-electron chi connectivity index (χ3n) is 2.64. The van der Waals surface area contributed by atoms with Crippen LogP contribution in [0.4, 0.5) is 0 Å². The number of halogens is 1. The van der Waals surface area contributed by atoms with Gasteiger partial charge in [0, 0.05) is 16.1 Å². The second kappa shape index (κ2) is 4.71. The van der Waals surface area contributed by atoms with Gasteiger partial charge in [-0.3, -0.25) is 0 Å². The summed E-state index contributed by atoms with van der Waals surface area (Å²) in [5.74, 6) is 1.30. The Kier molecular flexibility index (Phi) is 3.41. The van der Waals surface area contributed by atoms with Crippen LogP contribution in [0.5, 0.6) is 0 Å². The van der Waals surface area contributed by atoms with E-state index in [4.69, 9.17) is 11.6 Å².